The fourth-order valence-corrected chi connectivity index (χ4v) is 2.04. The maximum atomic E-state index is 5.55. The van der Waals surface area contributed by atoms with E-state index in [2.05, 4.69) is 47.1 Å². The Balaban J connectivity index is 2.31. The summed E-state index contributed by atoms with van der Waals surface area (Å²) in [6.45, 7) is 0. The van der Waals surface area contributed by atoms with Crippen molar-refractivity contribution in [1.82, 2.24) is 9.97 Å². The molecule has 0 saturated carbocycles. The van der Waals surface area contributed by atoms with Crippen LogP contribution in [0.1, 0.15) is 0 Å². The van der Waals surface area contributed by atoms with Gasteiger partial charge in [0.05, 0.1) is 16.1 Å². The first-order valence-corrected chi connectivity index (χ1v) is 6.57. The van der Waals surface area contributed by atoms with Crippen LogP contribution in [0.2, 0.25) is 0 Å². The molecule has 94 valence electrons. The van der Waals surface area contributed by atoms with Crippen molar-refractivity contribution in [1.29, 1.82) is 0 Å². The van der Waals surface area contributed by atoms with Gasteiger partial charge in [-0.2, -0.15) is 4.98 Å². The zero-order valence-corrected chi connectivity index (χ0v) is 12.6. The van der Waals surface area contributed by atoms with Crippen molar-refractivity contribution in [3.05, 3.63) is 33.3 Å². The third-order valence-corrected chi connectivity index (χ3v) is 3.41. The van der Waals surface area contributed by atoms with Crippen molar-refractivity contribution in [3.8, 4) is 5.75 Å². The summed E-state index contributed by atoms with van der Waals surface area (Å²) in [7, 11) is 1.61. The minimum absolute atomic E-state index is 0.213. The predicted octanol–water partition coefficient (Wildman–Crippen LogP) is 3.34. The van der Waals surface area contributed by atoms with E-state index >= 15 is 0 Å². The van der Waals surface area contributed by atoms with Gasteiger partial charge in [-0.3, -0.25) is 0 Å². The van der Waals surface area contributed by atoms with Gasteiger partial charge in [0.15, 0.2) is 0 Å². The Morgan fingerprint density at radius 2 is 2.06 bits per heavy atom. The molecule has 18 heavy (non-hydrogen) atoms. The Bertz CT molecular complexity index is 577. The predicted molar refractivity (Wildman–Crippen MR) is 78.1 cm³/mol. The van der Waals surface area contributed by atoms with Gasteiger partial charge in [0.2, 0.25) is 5.95 Å². The van der Waals surface area contributed by atoms with Gasteiger partial charge >= 0.3 is 0 Å². The highest BCUT2D eigenvalue weighted by molar-refractivity contribution is 9.11. The van der Waals surface area contributed by atoms with Crippen LogP contribution >= 0.6 is 31.9 Å². The summed E-state index contributed by atoms with van der Waals surface area (Å²) in [5, 5.41) is 3.14. The summed E-state index contributed by atoms with van der Waals surface area (Å²) in [6, 6.07) is 5.64. The monoisotopic (exact) mass is 372 g/mol. The Morgan fingerprint density at radius 3 is 2.78 bits per heavy atom. The lowest BCUT2D eigenvalue weighted by Crippen LogP contribution is -2.00. The quantitative estimate of drug-likeness (QED) is 0.863. The molecule has 0 aliphatic rings. The fraction of sp³-hybridized carbons (Fsp3) is 0.0909. The molecule has 0 unspecified atom stereocenters. The number of benzene rings is 1. The maximum absolute atomic E-state index is 5.55. The SMILES string of the molecule is COc1cc(Nc2nc(N)ncc2Br)ccc1Br. The van der Waals surface area contributed by atoms with Crippen molar-refractivity contribution in [2.75, 3.05) is 18.2 Å². The molecule has 0 saturated heterocycles. The average molecular weight is 374 g/mol. The number of halogens is 2. The normalized spacial score (nSPS) is 10.2. The molecule has 0 aliphatic heterocycles. The molecule has 1 aromatic heterocycles. The van der Waals surface area contributed by atoms with Gasteiger partial charge < -0.3 is 15.8 Å². The van der Waals surface area contributed by atoms with Gasteiger partial charge in [0.25, 0.3) is 0 Å². The smallest absolute Gasteiger partial charge is 0.222 e. The first kappa shape index (κ1) is 13.1. The number of methoxy groups -OCH3 is 1. The average Bonchev–Trinajstić information content (AvgIpc) is 2.36. The van der Waals surface area contributed by atoms with Gasteiger partial charge in [-0.1, -0.05) is 0 Å². The highest BCUT2D eigenvalue weighted by Gasteiger charge is 2.06. The van der Waals surface area contributed by atoms with Crippen molar-refractivity contribution in [2.45, 2.75) is 0 Å². The first-order valence-electron chi connectivity index (χ1n) is 4.98. The summed E-state index contributed by atoms with van der Waals surface area (Å²) >= 11 is 6.75. The fourth-order valence-electron chi connectivity index (χ4n) is 1.34. The molecule has 5 nitrogen and oxygen atoms in total. The summed E-state index contributed by atoms with van der Waals surface area (Å²) in [5.41, 5.74) is 6.39. The lowest BCUT2D eigenvalue weighted by molar-refractivity contribution is 0.412. The zero-order chi connectivity index (χ0) is 13.1. The van der Waals surface area contributed by atoms with E-state index in [4.69, 9.17) is 10.5 Å². The largest absolute Gasteiger partial charge is 0.495 e. The number of hydrogen-bond acceptors (Lipinski definition) is 5. The summed E-state index contributed by atoms with van der Waals surface area (Å²) in [6.07, 6.45) is 1.60. The molecule has 0 radical (unpaired) electrons. The van der Waals surface area contributed by atoms with Crippen LogP contribution in [0, 0.1) is 0 Å². The Kier molecular flexibility index (Phi) is 4.03. The molecule has 0 atom stereocenters. The van der Waals surface area contributed by atoms with Gasteiger partial charge in [0, 0.05) is 18.0 Å². The standard InChI is InChI=1S/C11H10Br2N4O/c1-18-9-4-6(2-3-7(9)12)16-10-8(13)5-15-11(14)17-10/h2-5H,1H3,(H3,14,15,16,17). The number of nitrogen functional groups attached to an aromatic ring is 1. The van der Waals surface area contributed by atoms with Crippen LogP contribution in [0.3, 0.4) is 0 Å². The van der Waals surface area contributed by atoms with Crippen LogP contribution in [-0.4, -0.2) is 17.1 Å². The molecule has 7 heteroatoms. The second-order valence-corrected chi connectivity index (χ2v) is 5.11. The van der Waals surface area contributed by atoms with Crippen LogP contribution in [0.4, 0.5) is 17.5 Å². The van der Waals surface area contributed by atoms with Gasteiger partial charge in [0.1, 0.15) is 11.6 Å². The van der Waals surface area contributed by atoms with E-state index in [0.29, 0.717) is 5.82 Å². The highest BCUT2D eigenvalue weighted by Crippen LogP contribution is 2.30. The van der Waals surface area contributed by atoms with Gasteiger partial charge in [-0.15, -0.1) is 0 Å². The van der Waals surface area contributed by atoms with Crippen LogP contribution in [0.5, 0.6) is 5.75 Å². The number of anilines is 3. The van der Waals surface area contributed by atoms with Crippen molar-refractivity contribution < 1.29 is 4.74 Å². The molecule has 1 heterocycles. The molecular formula is C11H10Br2N4O. The molecule has 0 amide bonds. The van der Waals surface area contributed by atoms with Crippen molar-refractivity contribution in [3.63, 3.8) is 0 Å². The lowest BCUT2D eigenvalue weighted by atomic mass is 10.3. The number of nitrogens with one attached hydrogen (secondary N) is 1. The molecular weight excluding hydrogens is 364 g/mol. The third-order valence-electron chi connectivity index (χ3n) is 2.18. The van der Waals surface area contributed by atoms with Crippen LogP contribution in [-0.2, 0) is 0 Å². The third kappa shape index (κ3) is 2.91. The minimum Gasteiger partial charge on any atom is -0.495 e. The molecule has 0 bridgehead atoms. The Morgan fingerprint density at radius 1 is 1.28 bits per heavy atom. The van der Waals surface area contributed by atoms with E-state index < -0.39 is 0 Å². The van der Waals surface area contributed by atoms with Crippen LogP contribution in [0.25, 0.3) is 0 Å². The van der Waals surface area contributed by atoms with Crippen LogP contribution < -0.4 is 15.8 Å². The summed E-state index contributed by atoms with van der Waals surface area (Å²) in [5.74, 6) is 1.55. The van der Waals surface area contributed by atoms with Gasteiger partial charge in [-0.25, -0.2) is 4.98 Å². The van der Waals surface area contributed by atoms with E-state index in [1.165, 1.54) is 0 Å². The summed E-state index contributed by atoms with van der Waals surface area (Å²) < 4.78 is 6.84. The van der Waals surface area contributed by atoms with E-state index in [1.807, 2.05) is 18.2 Å². The highest BCUT2D eigenvalue weighted by atomic mass is 79.9. The zero-order valence-electron chi connectivity index (χ0n) is 9.45. The van der Waals surface area contributed by atoms with E-state index in [-0.39, 0.29) is 5.95 Å². The van der Waals surface area contributed by atoms with E-state index in [1.54, 1.807) is 13.3 Å². The topological polar surface area (TPSA) is 73.1 Å². The Hall–Kier alpha value is -1.34. The molecule has 0 aliphatic carbocycles. The lowest BCUT2D eigenvalue weighted by Gasteiger charge is -2.10. The number of rotatable bonds is 3. The number of aromatic nitrogens is 2. The minimum atomic E-state index is 0.213. The van der Waals surface area contributed by atoms with E-state index in [9.17, 15) is 0 Å². The number of nitrogens with zero attached hydrogens (tertiary/aromatic N) is 2. The number of nitrogens with two attached hydrogens (primary N) is 1. The second-order valence-electron chi connectivity index (χ2n) is 3.40. The second kappa shape index (κ2) is 5.53. The number of hydrogen-bond donors (Lipinski definition) is 2. The Labute approximate surface area is 121 Å². The molecule has 0 fully saturated rings. The van der Waals surface area contributed by atoms with Crippen LogP contribution in [0.15, 0.2) is 33.3 Å². The molecule has 3 N–H and O–H groups in total. The molecule has 0 spiro atoms. The van der Waals surface area contributed by atoms with E-state index in [0.717, 1.165) is 20.4 Å². The molecule has 2 aromatic rings. The van der Waals surface area contributed by atoms with Crippen molar-refractivity contribution >= 4 is 49.3 Å². The summed E-state index contributed by atoms with van der Waals surface area (Å²) in [4.78, 5) is 7.98. The maximum Gasteiger partial charge on any atom is 0.222 e. The van der Waals surface area contributed by atoms with Crippen molar-refractivity contribution in [2.24, 2.45) is 0 Å². The number of ether oxygens (including phenoxy) is 1. The molecule has 2 rings (SSSR count). The molecule has 1 aromatic carbocycles. The van der Waals surface area contributed by atoms with Gasteiger partial charge in [-0.05, 0) is 44.0 Å². The first-order chi connectivity index (χ1) is 8.60.